The maximum Gasteiger partial charge on any atom is 0.407 e. The third-order valence-corrected chi connectivity index (χ3v) is 3.10. The van der Waals surface area contributed by atoms with Gasteiger partial charge in [-0.2, -0.15) is 13.2 Å². The van der Waals surface area contributed by atoms with Crippen LogP contribution in [0.1, 0.15) is 22.7 Å². The predicted molar refractivity (Wildman–Crippen MR) is 74.9 cm³/mol. The Morgan fingerprint density at radius 2 is 1.76 bits per heavy atom. The van der Waals surface area contributed by atoms with E-state index in [1.54, 1.807) is 6.07 Å². The molecule has 0 amide bonds. The number of ether oxygens (including phenoxy) is 1. The van der Waals surface area contributed by atoms with Crippen molar-refractivity contribution in [1.82, 2.24) is 0 Å². The molecule has 0 aromatic heterocycles. The number of benzene rings is 2. The summed E-state index contributed by atoms with van der Waals surface area (Å²) in [6.45, 7) is 2.28. The van der Waals surface area contributed by atoms with Crippen LogP contribution in [0.4, 0.5) is 13.2 Å². The zero-order chi connectivity index (χ0) is 15.5. The van der Waals surface area contributed by atoms with Gasteiger partial charge in [-0.3, -0.25) is 0 Å². The van der Waals surface area contributed by atoms with Crippen LogP contribution in [-0.2, 0) is 6.61 Å². The average Bonchev–Trinajstić information content (AvgIpc) is 2.45. The Balaban J connectivity index is 2.06. The Kier molecular flexibility index (Phi) is 4.53. The Labute approximate surface area is 121 Å². The topological polar surface area (TPSA) is 35.2 Å². The standard InChI is InChI=1S/C16H16F3NO/c1-11-5-7-12(8-6-11)10-21-14-4-2-3-13(9-14)15(20)16(17,18)19/h2-9,15H,10,20H2,1H3/t15-/m0/s1. The molecular formula is C16H16F3NO. The molecule has 0 heterocycles. The lowest BCUT2D eigenvalue weighted by atomic mass is 10.1. The van der Waals surface area contributed by atoms with E-state index in [9.17, 15) is 13.2 Å². The summed E-state index contributed by atoms with van der Waals surface area (Å²) in [4.78, 5) is 0. The quantitative estimate of drug-likeness (QED) is 0.920. The van der Waals surface area contributed by atoms with Crippen LogP contribution in [0.15, 0.2) is 48.5 Å². The van der Waals surface area contributed by atoms with E-state index in [0.717, 1.165) is 11.1 Å². The second kappa shape index (κ2) is 6.18. The van der Waals surface area contributed by atoms with Crippen molar-refractivity contribution in [2.45, 2.75) is 25.7 Å². The normalized spacial score (nSPS) is 13.0. The molecule has 0 spiro atoms. The Hall–Kier alpha value is -2.01. The molecule has 0 radical (unpaired) electrons. The van der Waals surface area contributed by atoms with Crippen molar-refractivity contribution in [1.29, 1.82) is 0 Å². The van der Waals surface area contributed by atoms with E-state index in [2.05, 4.69) is 0 Å². The van der Waals surface area contributed by atoms with E-state index < -0.39 is 12.2 Å². The number of hydrogen-bond acceptors (Lipinski definition) is 2. The molecule has 0 fully saturated rings. The maximum atomic E-state index is 12.6. The molecule has 5 heteroatoms. The number of hydrogen-bond donors (Lipinski definition) is 1. The summed E-state index contributed by atoms with van der Waals surface area (Å²) in [5, 5.41) is 0. The molecule has 0 aliphatic heterocycles. The molecule has 0 saturated heterocycles. The Morgan fingerprint density at radius 1 is 1.10 bits per heavy atom. The lowest BCUT2D eigenvalue weighted by Gasteiger charge is -2.16. The van der Waals surface area contributed by atoms with E-state index in [-0.39, 0.29) is 5.56 Å². The minimum Gasteiger partial charge on any atom is -0.489 e. The molecule has 0 bridgehead atoms. The molecule has 2 aromatic carbocycles. The van der Waals surface area contributed by atoms with Crippen LogP contribution in [0.25, 0.3) is 0 Å². The smallest absolute Gasteiger partial charge is 0.407 e. The van der Waals surface area contributed by atoms with Gasteiger partial charge < -0.3 is 10.5 Å². The van der Waals surface area contributed by atoms with Crippen molar-refractivity contribution in [2.24, 2.45) is 5.73 Å². The van der Waals surface area contributed by atoms with Gasteiger partial charge in [0.2, 0.25) is 0 Å². The van der Waals surface area contributed by atoms with Crippen LogP contribution in [0.5, 0.6) is 5.75 Å². The molecule has 1 atom stereocenters. The number of halogens is 3. The zero-order valence-electron chi connectivity index (χ0n) is 11.5. The zero-order valence-corrected chi connectivity index (χ0v) is 11.5. The van der Waals surface area contributed by atoms with Crippen LogP contribution in [-0.4, -0.2) is 6.18 Å². The number of nitrogens with two attached hydrogens (primary N) is 1. The molecule has 2 aromatic rings. The summed E-state index contributed by atoms with van der Waals surface area (Å²) in [6, 6.07) is 11.5. The fourth-order valence-electron chi connectivity index (χ4n) is 1.84. The van der Waals surface area contributed by atoms with Gasteiger partial charge in [0.1, 0.15) is 18.4 Å². The SMILES string of the molecule is Cc1ccc(COc2cccc([C@H](N)C(F)(F)F)c2)cc1. The first-order valence-electron chi connectivity index (χ1n) is 6.47. The van der Waals surface area contributed by atoms with Gasteiger partial charge in [-0.15, -0.1) is 0 Å². The number of alkyl halides is 3. The van der Waals surface area contributed by atoms with Gasteiger partial charge in [-0.05, 0) is 30.2 Å². The number of rotatable bonds is 4. The van der Waals surface area contributed by atoms with Gasteiger partial charge in [0, 0.05) is 0 Å². The first-order chi connectivity index (χ1) is 9.86. The molecule has 2 nitrogen and oxygen atoms in total. The average molecular weight is 295 g/mol. The van der Waals surface area contributed by atoms with Crippen LogP contribution < -0.4 is 10.5 Å². The monoisotopic (exact) mass is 295 g/mol. The highest BCUT2D eigenvalue weighted by molar-refractivity contribution is 5.31. The van der Waals surface area contributed by atoms with E-state index in [4.69, 9.17) is 10.5 Å². The first kappa shape index (κ1) is 15.4. The van der Waals surface area contributed by atoms with Gasteiger partial charge in [-0.25, -0.2) is 0 Å². The second-order valence-electron chi connectivity index (χ2n) is 4.87. The van der Waals surface area contributed by atoms with E-state index >= 15 is 0 Å². The van der Waals surface area contributed by atoms with Gasteiger partial charge in [-0.1, -0.05) is 42.0 Å². The van der Waals surface area contributed by atoms with Gasteiger partial charge in [0.25, 0.3) is 0 Å². The van der Waals surface area contributed by atoms with Crippen molar-refractivity contribution in [3.63, 3.8) is 0 Å². The summed E-state index contributed by atoms with van der Waals surface area (Å²) in [7, 11) is 0. The van der Waals surface area contributed by atoms with Crippen LogP contribution in [0.2, 0.25) is 0 Å². The summed E-state index contributed by atoms with van der Waals surface area (Å²) < 4.78 is 43.3. The summed E-state index contributed by atoms with van der Waals surface area (Å²) in [6.07, 6.45) is -4.46. The van der Waals surface area contributed by atoms with Gasteiger partial charge in [0.05, 0.1) is 0 Å². The third-order valence-electron chi connectivity index (χ3n) is 3.10. The van der Waals surface area contributed by atoms with Crippen molar-refractivity contribution in [2.75, 3.05) is 0 Å². The van der Waals surface area contributed by atoms with Crippen molar-refractivity contribution >= 4 is 0 Å². The summed E-state index contributed by atoms with van der Waals surface area (Å²) >= 11 is 0. The van der Waals surface area contributed by atoms with Crippen molar-refractivity contribution in [3.05, 3.63) is 65.2 Å². The lowest BCUT2D eigenvalue weighted by molar-refractivity contribution is -0.149. The first-order valence-corrected chi connectivity index (χ1v) is 6.47. The van der Waals surface area contributed by atoms with Crippen LogP contribution >= 0.6 is 0 Å². The highest BCUT2D eigenvalue weighted by Crippen LogP contribution is 2.31. The Morgan fingerprint density at radius 3 is 2.38 bits per heavy atom. The molecule has 0 aliphatic rings. The fraction of sp³-hybridized carbons (Fsp3) is 0.250. The van der Waals surface area contributed by atoms with Gasteiger partial charge >= 0.3 is 6.18 Å². The molecule has 0 saturated carbocycles. The fourth-order valence-corrected chi connectivity index (χ4v) is 1.84. The predicted octanol–water partition coefficient (Wildman–Crippen LogP) is 4.14. The largest absolute Gasteiger partial charge is 0.489 e. The maximum absolute atomic E-state index is 12.6. The van der Waals surface area contributed by atoms with Gasteiger partial charge in [0.15, 0.2) is 0 Å². The minimum absolute atomic E-state index is 0.0103. The van der Waals surface area contributed by atoms with E-state index in [1.165, 1.54) is 18.2 Å². The van der Waals surface area contributed by atoms with Crippen LogP contribution in [0.3, 0.4) is 0 Å². The molecule has 2 N–H and O–H groups in total. The van der Waals surface area contributed by atoms with E-state index in [1.807, 2.05) is 31.2 Å². The molecule has 0 aliphatic carbocycles. The van der Waals surface area contributed by atoms with Crippen molar-refractivity contribution in [3.8, 4) is 5.75 Å². The van der Waals surface area contributed by atoms with Crippen molar-refractivity contribution < 1.29 is 17.9 Å². The second-order valence-corrected chi connectivity index (χ2v) is 4.87. The summed E-state index contributed by atoms with van der Waals surface area (Å²) in [5.74, 6) is 0.368. The molecule has 2 rings (SSSR count). The molecule has 21 heavy (non-hydrogen) atoms. The Bertz CT molecular complexity index is 593. The minimum atomic E-state index is -4.46. The summed E-state index contributed by atoms with van der Waals surface area (Å²) in [5.41, 5.74) is 7.26. The number of aryl methyl sites for hydroxylation is 1. The van der Waals surface area contributed by atoms with E-state index in [0.29, 0.717) is 12.4 Å². The lowest BCUT2D eigenvalue weighted by Crippen LogP contribution is -2.28. The highest BCUT2D eigenvalue weighted by atomic mass is 19.4. The molecule has 0 unspecified atom stereocenters. The highest BCUT2D eigenvalue weighted by Gasteiger charge is 2.37. The molecular weight excluding hydrogens is 279 g/mol. The third kappa shape index (κ3) is 4.23. The molecule has 112 valence electrons. The van der Waals surface area contributed by atoms with Crippen LogP contribution in [0, 0.1) is 6.92 Å².